The van der Waals surface area contributed by atoms with E-state index >= 15 is 0 Å². The van der Waals surface area contributed by atoms with E-state index in [4.69, 9.17) is 10.2 Å². The largest absolute Gasteiger partial charge is 0.465 e. The van der Waals surface area contributed by atoms with Crippen molar-refractivity contribution < 1.29 is 13.9 Å². The number of esters is 1. The standard InChI is InChI=1S/C15H14N4O3/c1-21-15(20)10-4-6-11(7-5-10)19-14(12(9-16)17-18-19)13-3-2-8-22-13/h2-8H,9,16H2,1H3. The fourth-order valence-electron chi connectivity index (χ4n) is 2.15. The number of nitrogens with zero attached hydrogens (tertiary/aromatic N) is 3. The Morgan fingerprint density at radius 1 is 1.32 bits per heavy atom. The maximum Gasteiger partial charge on any atom is 0.337 e. The fourth-order valence-corrected chi connectivity index (χ4v) is 2.15. The molecule has 7 nitrogen and oxygen atoms in total. The molecule has 0 spiro atoms. The lowest BCUT2D eigenvalue weighted by Gasteiger charge is -2.06. The minimum atomic E-state index is -0.390. The molecule has 2 N–H and O–H groups in total. The first-order chi connectivity index (χ1) is 10.7. The third-order valence-corrected chi connectivity index (χ3v) is 3.22. The SMILES string of the molecule is COC(=O)c1ccc(-n2nnc(CN)c2-c2ccco2)cc1. The van der Waals surface area contributed by atoms with Crippen LogP contribution in [0.25, 0.3) is 17.1 Å². The van der Waals surface area contributed by atoms with E-state index in [0.717, 1.165) is 5.69 Å². The van der Waals surface area contributed by atoms with Crippen LogP contribution in [-0.2, 0) is 11.3 Å². The minimum Gasteiger partial charge on any atom is -0.465 e. The van der Waals surface area contributed by atoms with Gasteiger partial charge in [-0.2, -0.15) is 0 Å². The maximum atomic E-state index is 11.5. The monoisotopic (exact) mass is 298 g/mol. The van der Waals surface area contributed by atoms with Gasteiger partial charge in [-0.25, -0.2) is 9.48 Å². The summed E-state index contributed by atoms with van der Waals surface area (Å²) < 4.78 is 11.7. The second-order valence-electron chi connectivity index (χ2n) is 4.52. The van der Waals surface area contributed by atoms with Crippen LogP contribution in [0.15, 0.2) is 47.1 Å². The molecule has 0 saturated heterocycles. The first-order valence-corrected chi connectivity index (χ1v) is 6.62. The fraction of sp³-hybridized carbons (Fsp3) is 0.133. The van der Waals surface area contributed by atoms with Gasteiger partial charge in [0.05, 0.1) is 24.6 Å². The van der Waals surface area contributed by atoms with Gasteiger partial charge < -0.3 is 14.9 Å². The molecule has 3 aromatic rings. The first kappa shape index (κ1) is 14.0. The van der Waals surface area contributed by atoms with E-state index in [2.05, 4.69) is 15.0 Å². The van der Waals surface area contributed by atoms with E-state index in [9.17, 15) is 4.79 Å². The Kier molecular flexibility index (Phi) is 3.71. The van der Waals surface area contributed by atoms with Gasteiger partial charge in [-0.05, 0) is 36.4 Å². The third kappa shape index (κ3) is 2.38. The number of ether oxygens (including phenoxy) is 1. The highest BCUT2D eigenvalue weighted by atomic mass is 16.5. The number of carbonyl (C=O) groups is 1. The van der Waals surface area contributed by atoms with Gasteiger partial charge in [0.15, 0.2) is 5.76 Å². The second kappa shape index (κ2) is 5.82. The van der Waals surface area contributed by atoms with Crippen molar-refractivity contribution in [3.8, 4) is 17.1 Å². The van der Waals surface area contributed by atoms with Crippen LogP contribution >= 0.6 is 0 Å². The molecule has 22 heavy (non-hydrogen) atoms. The van der Waals surface area contributed by atoms with Crippen LogP contribution in [0.4, 0.5) is 0 Å². The van der Waals surface area contributed by atoms with Gasteiger partial charge in [-0.1, -0.05) is 5.21 Å². The lowest BCUT2D eigenvalue weighted by atomic mass is 10.2. The van der Waals surface area contributed by atoms with Crippen molar-refractivity contribution in [2.45, 2.75) is 6.54 Å². The Hall–Kier alpha value is -2.93. The summed E-state index contributed by atoms with van der Waals surface area (Å²) in [5.74, 6) is 0.238. The second-order valence-corrected chi connectivity index (χ2v) is 4.52. The topological polar surface area (TPSA) is 96.2 Å². The normalized spacial score (nSPS) is 10.6. The summed E-state index contributed by atoms with van der Waals surface area (Å²) in [4.78, 5) is 11.5. The lowest BCUT2D eigenvalue weighted by molar-refractivity contribution is 0.0600. The molecule has 0 bridgehead atoms. The summed E-state index contributed by atoms with van der Waals surface area (Å²) in [5, 5.41) is 8.20. The number of carbonyl (C=O) groups excluding carboxylic acids is 1. The van der Waals surface area contributed by atoms with Crippen molar-refractivity contribution in [3.05, 3.63) is 53.9 Å². The number of furan rings is 1. The van der Waals surface area contributed by atoms with E-state index < -0.39 is 0 Å². The smallest absolute Gasteiger partial charge is 0.337 e. The van der Waals surface area contributed by atoms with Crippen molar-refractivity contribution >= 4 is 5.97 Å². The lowest BCUT2D eigenvalue weighted by Crippen LogP contribution is -2.04. The maximum absolute atomic E-state index is 11.5. The molecule has 0 unspecified atom stereocenters. The predicted octanol–water partition coefficient (Wildman–Crippen LogP) is 1.77. The van der Waals surface area contributed by atoms with Gasteiger partial charge in [0.1, 0.15) is 11.4 Å². The molecule has 0 radical (unpaired) electrons. The zero-order valence-corrected chi connectivity index (χ0v) is 11.9. The van der Waals surface area contributed by atoms with E-state index in [1.165, 1.54) is 7.11 Å². The Morgan fingerprint density at radius 2 is 2.09 bits per heavy atom. The molecule has 2 aromatic heterocycles. The molecule has 2 heterocycles. The molecule has 0 aliphatic heterocycles. The molecular formula is C15H14N4O3. The highest BCUT2D eigenvalue weighted by Crippen LogP contribution is 2.25. The van der Waals surface area contributed by atoms with Gasteiger partial charge in [0.2, 0.25) is 0 Å². The van der Waals surface area contributed by atoms with E-state index in [1.807, 2.05) is 6.07 Å². The van der Waals surface area contributed by atoms with Crippen molar-refractivity contribution in [3.63, 3.8) is 0 Å². The minimum absolute atomic E-state index is 0.246. The van der Waals surface area contributed by atoms with E-state index in [-0.39, 0.29) is 12.5 Å². The first-order valence-electron chi connectivity index (χ1n) is 6.62. The van der Waals surface area contributed by atoms with Crippen molar-refractivity contribution in [2.75, 3.05) is 7.11 Å². The van der Waals surface area contributed by atoms with Crippen LogP contribution in [-0.4, -0.2) is 28.1 Å². The molecule has 7 heteroatoms. The number of methoxy groups -OCH3 is 1. The van der Waals surface area contributed by atoms with Crippen LogP contribution in [0.3, 0.4) is 0 Å². The predicted molar refractivity (Wildman–Crippen MR) is 78.3 cm³/mol. The molecule has 0 fully saturated rings. The molecule has 3 rings (SSSR count). The van der Waals surface area contributed by atoms with Crippen LogP contribution < -0.4 is 5.73 Å². The Labute approximate surface area is 126 Å². The average molecular weight is 298 g/mol. The van der Waals surface area contributed by atoms with Gasteiger partial charge in [-0.15, -0.1) is 5.10 Å². The Bertz CT molecular complexity index is 776. The third-order valence-electron chi connectivity index (χ3n) is 3.22. The van der Waals surface area contributed by atoms with Gasteiger partial charge in [0.25, 0.3) is 0 Å². The Morgan fingerprint density at radius 3 is 2.68 bits per heavy atom. The molecule has 112 valence electrons. The molecule has 0 aliphatic carbocycles. The van der Waals surface area contributed by atoms with Crippen LogP contribution in [0.2, 0.25) is 0 Å². The molecule has 0 saturated carbocycles. The van der Waals surface area contributed by atoms with E-state index in [0.29, 0.717) is 22.7 Å². The summed E-state index contributed by atoms with van der Waals surface area (Å²) in [5.41, 5.74) is 8.24. The van der Waals surface area contributed by atoms with Crippen LogP contribution in [0.1, 0.15) is 16.1 Å². The summed E-state index contributed by atoms with van der Waals surface area (Å²) in [6, 6.07) is 10.4. The number of nitrogens with two attached hydrogens (primary N) is 1. The highest BCUT2D eigenvalue weighted by Gasteiger charge is 2.17. The van der Waals surface area contributed by atoms with Crippen LogP contribution in [0.5, 0.6) is 0 Å². The number of benzene rings is 1. The number of hydrogen-bond acceptors (Lipinski definition) is 6. The zero-order valence-electron chi connectivity index (χ0n) is 11.9. The molecular weight excluding hydrogens is 284 g/mol. The molecule has 0 aliphatic rings. The van der Waals surface area contributed by atoms with Crippen molar-refractivity contribution in [1.82, 2.24) is 15.0 Å². The number of rotatable bonds is 4. The number of aromatic nitrogens is 3. The zero-order chi connectivity index (χ0) is 15.5. The summed E-state index contributed by atoms with van der Waals surface area (Å²) in [6.07, 6.45) is 1.58. The molecule has 0 amide bonds. The molecule has 0 atom stereocenters. The van der Waals surface area contributed by atoms with Crippen molar-refractivity contribution in [2.24, 2.45) is 5.73 Å². The quantitative estimate of drug-likeness (QED) is 0.737. The van der Waals surface area contributed by atoms with E-state index in [1.54, 1.807) is 41.3 Å². The van der Waals surface area contributed by atoms with Crippen molar-refractivity contribution in [1.29, 1.82) is 0 Å². The van der Waals surface area contributed by atoms with Crippen LogP contribution in [0, 0.1) is 0 Å². The van der Waals surface area contributed by atoms with Gasteiger partial charge in [-0.3, -0.25) is 0 Å². The molecule has 1 aromatic carbocycles. The van der Waals surface area contributed by atoms with Gasteiger partial charge >= 0.3 is 5.97 Å². The number of hydrogen-bond donors (Lipinski definition) is 1. The summed E-state index contributed by atoms with van der Waals surface area (Å²) in [7, 11) is 1.34. The highest BCUT2D eigenvalue weighted by molar-refractivity contribution is 5.89. The summed E-state index contributed by atoms with van der Waals surface area (Å²) >= 11 is 0. The van der Waals surface area contributed by atoms with Gasteiger partial charge in [0, 0.05) is 6.54 Å². The average Bonchev–Trinajstić information content (AvgIpc) is 3.22. The Balaban J connectivity index is 2.05. The summed E-state index contributed by atoms with van der Waals surface area (Å²) in [6.45, 7) is 0.246.